The van der Waals surface area contributed by atoms with Crippen LogP contribution in [-0.4, -0.2) is 31.1 Å². The first kappa shape index (κ1) is 24.6. The zero-order chi connectivity index (χ0) is 26.0. The van der Waals surface area contributed by atoms with Crippen molar-refractivity contribution in [2.24, 2.45) is 11.8 Å². The van der Waals surface area contributed by atoms with Crippen LogP contribution in [0.3, 0.4) is 0 Å². The Morgan fingerprint density at radius 1 is 0.946 bits per heavy atom. The lowest BCUT2D eigenvalue weighted by atomic mass is 9.46. The minimum absolute atomic E-state index is 0.0940. The first-order valence-electron chi connectivity index (χ1n) is 12.6. The summed E-state index contributed by atoms with van der Waals surface area (Å²) in [7, 11) is -5.80. The topological polar surface area (TPSA) is 46.6 Å². The Labute approximate surface area is 215 Å². The van der Waals surface area contributed by atoms with Gasteiger partial charge in [0.15, 0.2) is 0 Å². The lowest BCUT2D eigenvalue weighted by Crippen LogP contribution is -2.54. The molecule has 0 radical (unpaired) electrons. The molecule has 2 bridgehead atoms. The van der Waals surface area contributed by atoms with Crippen LogP contribution in [0.25, 0.3) is 0 Å². The smallest absolute Gasteiger partial charge is 0.270 e. The molecular formula is C29H28F3NO3S. The van der Waals surface area contributed by atoms with Gasteiger partial charge in [-0.05, 0) is 53.9 Å². The largest absolute Gasteiger partial charge is 0.523 e. The highest BCUT2D eigenvalue weighted by Crippen LogP contribution is 2.67. The lowest BCUT2D eigenvalue weighted by molar-refractivity contribution is -0.0732. The van der Waals surface area contributed by atoms with Crippen molar-refractivity contribution in [2.75, 3.05) is 0 Å². The lowest BCUT2D eigenvalue weighted by Gasteiger charge is -2.57. The zero-order valence-corrected chi connectivity index (χ0v) is 21.1. The molecule has 1 saturated carbocycles. The van der Waals surface area contributed by atoms with Gasteiger partial charge >= 0.3 is 15.6 Å². The molecule has 1 aliphatic heterocycles. The highest BCUT2D eigenvalue weighted by molar-refractivity contribution is 7.87. The second kappa shape index (κ2) is 8.68. The Morgan fingerprint density at radius 2 is 1.57 bits per heavy atom. The molecule has 8 heteroatoms. The fourth-order valence-corrected chi connectivity index (χ4v) is 8.16. The number of rotatable bonds is 5. The summed E-state index contributed by atoms with van der Waals surface area (Å²) in [5.41, 5.74) is -1.65. The number of benzene rings is 3. The van der Waals surface area contributed by atoms with E-state index in [4.69, 9.17) is 4.18 Å². The summed E-state index contributed by atoms with van der Waals surface area (Å²) in [4.78, 5) is 1.84. The van der Waals surface area contributed by atoms with Crippen LogP contribution >= 0.6 is 0 Å². The van der Waals surface area contributed by atoms with Crippen LogP contribution in [0.1, 0.15) is 47.9 Å². The summed E-state index contributed by atoms with van der Waals surface area (Å²) in [5, 5.41) is 0. The van der Waals surface area contributed by atoms with Gasteiger partial charge < -0.3 is 0 Å². The molecule has 194 valence electrons. The molecule has 0 aromatic heterocycles. The van der Waals surface area contributed by atoms with E-state index >= 15 is 0 Å². The summed E-state index contributed by atoms with van der Waals surface area (Å²) in [6, 6.07) is 27.5. The fraction of sp³-hybridized carbons (Fsp3) is 0.379. The van der Waals surface area contributed by atoms with Crippen molar-refractivity contribution in [2.45, 2.75) is 55.4 Å². The molecule has 37 heavy (non-hydrogen) atoms. The number of hydrogen-bond donors (Lipinski definition) is 0. The fourth-order valence-electron chi connectivity index (χ4n) is 7.55. The minimum Gasteiger partial charge on any atom is -0.270 e. The molecule has 6 atom stereocenters. The molecule has 0 spiro atoms. The SMILES string of the molecule is CC1C2C(C3CCC2(c2ccccc2)c2ccccc23)C(OS(=O)(=O)C(F)(F)F)N1Cc1ccccc1. The summed E-state index contributed by atoms with van der Waals surface area (Å²) < 4.78 is 70.8. The van der Waals surface area contributed by atoms with Gasteiger partial charge in [-0.3, -0.25) is 4.90 Å². The third kappa shape index (κ3) is 3.67. The third-order valence-electron chi connectivity index (χ3n) is 8.84. The molecule has 0 amide bonds. The van der Waals surface area contributed by atoms with E-state index in [1.165, 1.54) is 5.56 Å². The van der Waals surface area contributed by atoms with E-state index in [0.717, 1.165) is 29.5 Å². The van der Waals surface area contributed by atoms with E-state index < -0.39 is 33.2 Å². The summed E-state index contributed by atoms with van der Waals surface area (Å²) in [6.45, 7) is 2.30. The molecule has 4 aliphatic rings. The highest BCUT2D eigenvalue weighted by Gasteiger charge is 2.67. The molecule has 1 heterocycles. The predicted octanol–water partition coefficient (Wildman–Crippen LogP) is 6.19. The maximum atomic E-state index is 13.6. The molecular weight excluding hydrogens is 499 g/mol. The van der Waals surface area contributed by atoms with Crippen LogP contribution in [-0.2, 0) is 26.3 Å². The molecule has 2 fully saturated rings. The number of nitrogens with zero attached hydrogens (tertiary/aromatic N) is 1. The standard InChI is InChI=1S/C29H28F3NO3S/c1-19-26-25(27(36-37(34,35)29(30,31)32)33(19)18-20-10-4-2-5-11-20)23-16-17-28(26,21-12-6-3-7-13-21)24-15-9-8-14-22(23)24/h2-15,19,23,25-27H,16-18H2,1H3. The first-order chi connectivity index (χ1) is 17.6. The van der Waals surface area contributed by atoms with Crippen molar-refractivity contribution < 1.29 is 25.8 Å². The van der Waals surface area contributed by atoms with Crippen molar-refractivity contribution in [1.29, 1.82) is 0 Å². The van der Waals surface area contributed by atoms with Crippen molar-refractivity contribution >= 4 is 10.1 Å². The van der Waals surface area contributed by atoms with Crippen molar-refractivity contribution in [3.63, 3.8) is 0 Å². The Morgan fingerprint density at radius 3 is 2.24 bits per heavy atom. The van der Waals surface area contributed by atoms with Gasteiger partial charge in [0.05, 0.1) is 0 Å². The van der Waals surface area contributed by atoms with E-state index in [2.05, 4.69) is 18.2 Å². The van der Waals surface area contributed by atoms with E-state index in [1.807, 2.05) is 78.6 Å². The molecule has 3 aromatic rings. The van der Waals surface area contributed by atoms with Gasteiger partial charge in [0, 0.05) is 23.9 Å². The minimum atomic E-state index is -5.80. The average molecular weight is 528 g/mol. The number of hydrogen-bond acceptors (Lipinski definition) is 4. The van der Waals surface area contributed by atoms with E-state index in [-0.39, 0.29) is 17.9 Å². The maximum Gasteiger partial charge on any atom is 0.523 e. The van der Waals surface area contributed by atoms with Crippen LogP contribution < -0.4 is 0 Å². The summed E-state index contributed by atoms with van der Waals surface area (Å²) >= 11 is 0. The summed E-state index contributed by atoms with van der Waals surface area (Å²) in [6.07, 6.45) is 0.376. The van der Waals surface area contributed by atoms with E-state index in [9.17, 15) is 21.6 Å². The Hall–Kier alpha value is -2.68. The van der Waals surface area contributed by atoms with Crippen LogP contribution in [0, 0.1) is 11.8 Å². The van der Waals surface area contributed by atoms with E-state index in [1.54, 1.807) is 0 Å². The number of fused-ring (bicyclic) bond motifs is 1. The maximum absolute atomic E-state index is 13.6. The van der Waals surface area contributed by atoms with Gasteiger partial charge in [-0.2, -0.15) is 21.6 Å². The quantitative estimate of drug-likeness (QED) is 0.293. The normalized spacial score (nSPS) is 31.2. The van der Waals surface area contributed by atoms with Gasteiger partial charge in [-0.15, -0.1) is 0 Å². The third-order valence-corrected chi connectivity index (χ3v) is 9.86. The van der Waals surface area contributed by atoms with E-state index in [0.29, 0.717) is 6.54 Å². The van der Waals surface area contributed by atoms with Crippen molar-refractivity contribution in [3.8, 4) is 0 Å². The highest BCUT2D eigenvalue weighted by atomic mass is 32.2. The van der Waals surface area contributed by atoms with Gasteiger partial charge in [-0.25, -0.2) is 4.18 Å². The molecule has 0 N–H and O–H groups in total. The molecule has 3 aromatic carbocycles. The molecule has 6 unspecified atom stereocenters. The molecule has 7 rings (SSSR count). The molecule has 3 aliphatic carbocycles. The van der Waals surface area contributed by atoms with Gasteiger partial charge in [0.1, 0.15) is 6.23 Å². The summed E-state index contributed by atoms with van der Waals surface area (Å²) in [5.74, 6) is -0.635. The Balaban J connectivity index is 1.54. The molecule has 4 nitrogen and oxygen atoms in total. The van der Waals surface area contributed by atoms with Gasteiger partial charge in [0.2, 0.25) is 0 Å². The van der Waals surface area contributed by atoms with Crippen LogP contribution in [0.15, 0.2) is 84.9 Å². The number of halogens is 3. The number of likely N-dealkylation sites (tertiary alicyclic amines) is 1. The van der Waals surface area contributed by atoms with Crippen molar-refractivity contribution in [3.05, 3.63) is 107 Å². The van der Waals surface area contributed by atoms with Gasteiger partial charge in [0.25, 0.3) is 0 Å². The second-order valence-corrected chi connectivity index (χ2v) is 12.0. The Bertz CT molecular complexity index is 1400. The van der Waals surface area contributed by atoms with Crippen LogP contribution in [0.4, 0.5) is 13.2 Å². The monoisotopic (exact) mass is 527 g/mol. The zero-order valence-electron chi connectivity index (χ0n) is 20.3. The average Bonchev–Trinajstić information content (AvgIpc) is 3.17. The second-order valence-electron chi connectivity index (χ2n) is 10.5. The van der Waals surface area contributed by atoms with Gasteiger partial charge in [-0.1, -0.05) is 84.9 Å². The first-order valence-corrected chi connectivity index (χ1v) is 14.0. The Kier molecular flexibility index (Phi) is 5.78. The van der Waals surface area contributed by atoms with Crippen molar-refractivity contribution in [1.82, 2.24) is 4.90 Å². The molecule has 1 saturated heterocycles. The van der Waals surface area contributed by atoms with Crippen LogP contribution in [0.5, 0.6) is 0 Å². The van der Waals surface area contributed by atoms with Crippen LogP contribution in [0.2, 0.25) is 0 Å². The predicted molar refractivity (Wildman–Crippen MR) is 134 cm³/mol. The number of alkyl halides is 3.